The molecule has 0 N–H and O–H groups in total. The number of nitrogens with zero attached hydrogens (tertiary/aromatic N) is 1. The van der Waals surface area contributed by atoms with E-state index in [1.54, 1.807) is 0 Å². The quantitative estimate of drug-likeness (QED) is 0.690. The molecule has 0 amide bonds. The summed E-state index contributed by atoms with van der Waals surface area (Å²) in [4.78, 5) is 13.8. The molecule has 0 aromatic heterocycles. The second-order valence-electron chi connectivity index (χ2n) is 5.47. The number of Topliss-reactive ketones (excluding diaryl/α,β-unsaturated/α-hetero) is 1. The summed E-state index contributed by atoms with van der Waals surface area (Å²) < 4.78 is 5.46. The molecule has 0 aromatic rings. The Morgan fingerprint density at radius 1 is 1.60 bits per heavy atom. The third-order valence-corrected chi connectivity index (χ3v) is 3.66. The van der Waals surface area contributed by atoms with Gasteiger partial charge in [0.15, 0.2) is 0 Å². The van der Waals surface area contributed by atoms with Gasteiger partial charge in [0.2, 0.25) is 0 Å². The van der Waals surface area contributed by atoms with Gasteiger partial charge in [-0.2, -0.15) is 0 Å². The maximum atomic E-state index is 11.4. The molecule has 0 bridgehead atoms. The van der Waals surface area contributed by atoms with Crippen LogP contribution in [-0.2, 0) is 9.53 Å². The molecule has 2 aliphatic rings. The SMILES string of the molecule is CC1CN(CC2(C)CCOC2)CCC1=O. The van der Waals surface area contributed by atoms with Gasteiger partial charge in [0, 0.05) is 44.0 Å². The Morgan fingerprint density at radius 2 is 2.40 bits per heavy atom. The molecule has 2 unspecified atom stereocenters. The number of carbonyl (C=O) groups is 1. The molecule has 0 saturated carbocycles. The van der Waals surface area contributed by atoms with Crippen molar-refractivity contribution in [1.29, 1.82) is 0 Å². The standard InChI is InChI=1S/C12H21NO2/c1-10-7-13(5-3-11(10)14)8-12(2)4-6-15-9-12/h10H,3-9H2,1-2H3. The van der Waals surface area contributed by atoms with Crippen LogP contribution >= 0.6 is 0 Å². The van der Waals surface area contributed by atoms with E-state index in [4.69, 9.17) is 4.74 Å². The van der Waals surface area contributed by atoms with Gasteiger partial charge in [-0.3, -0.25) is 4.79 Å². The van der Waals surface area contributed by atoms with Crippen molar-refractivity contribution in [2.24, 2.45) is 11.3 Å². The van der Waals surface area contributed by atoms with Crippen LogP contribution in [0.15, 0.2) is 0 Å². The van der Waals surface area contributed by atoms with Crippen LogP contribution in [0.1, 0.15) is 26.7 Å². The second kappa shape index (κ2) is 4.22. The van der Waals surface area contributed by atoms with Crippen molar-refractivity contribution in [2.75, 3.05) is 32.8 Å². The van der Waals surface area contributed by atoms with E-state index < -0.39 is 0 Å². The Labute approximate surface area is 91.8 Å². The summed E-state index contributed by atoms with van der Waals surface area (Å²) in [5.74, 6) is 0.656. The lowest BCUT2D eigenvalue weighted by Crippen LogP contribution is -2.44. The zero-order valence-electron chi connectivity index (χ0n) is 9.79. The van der Waals surface area contributed by atoms with Crippen molar-refractivity contribution in [3.63, 3.8) is 0 Å². The van der Waals surface area contributed by atoms with Crippen LogP contribution in [0.3, 0.4) is 0 Å². The molecule has 0 spiro atoms. The smallest absolute Gasteiger partial charge is 0.138 e. The molecule has 3 nitrogen and oxygen atoms in total. The van der Waals surface area contributed by atoms with E-state index in [0.717, 1.165) is 45.7 Å². The predicted octanol–water partition coefficient (Wildman–Crippen LogP) is 1.32. The minimum atomic E-state index is 0.227. The van der Waals surface area contributed by atoms with Crippen molar-refractivity contribution in [2.45, 2.75) is 26.7 Å². The Hall–Kier alpha value is -0.410. The Balaban J connectivity index is 1.87. The first-order valence-corrected chi connectivity index (χ1v) is 5.92. The van der Waals surface area contributed by atoms with Gasteiger partial charge in [-0.15, -0.1) is 0 Å². The highest BCUT2D eigenvalue weighted by atomic mass is 16.5. The van der Waals surface area contributed by atoms with Gasteiger partial charge >= 0.3 is 0 Å². The van der Waals surface area contributed by atoms with Gasteiger partial charge in [-0.1, -0.05) is 13.8 Å². The van der Waals surface area contributed by atoms with Crippen molar-refractivity contribution in [3.8, 4) is 0 Å². The highest BCUT2D eigenvalue weighted by Crippen LogP contribution is 2.29. The zero-order chi connectivity index (χ0) is 10.9. The maximum absolute atomic E-state index is 11.4. The van der Waals surface area contributed by atoms with Crippen molar-refractivity contribution >= 4 is 5.78 Å². The summed E-state index contributed by atoms with van der Waals surface area (Å²) in [6.45, 7) is 9.09. The highest BCUT2D eigenvalue weighted by molar-refractivity contribution is 5.81. The van der Waals surface area contributed by atoms with Crippen molar-refractivity contribution < 1.29 is 9.53 Å². The summed E-state index contributed by atoms with van der Waals surface area (Å²) in [5, 5.41) is 0. The molecular weight excluding hydrogens is 190 g/mol. The van der Waals surface area contributed by atoms with Crippen LogP contribution in [0.2, 0.25) is 0 Å². The van der Waals surface area contributed by atoms with Crippen molar-refractivity contribution in [3.05, 3.63) is 0 Å². The van der Waals surface area contributed by atoms with E-state index in [1.807, 2.05) is 6.92 Å². The Bertz CT molecular complexity index is 246. The van der Waals surface area contributed by atoms with Crippen LogP contribution in [0.4, 0.5) is 0 Å². The lowest BCUT2D eigenvalue weighted by molar-refractivity contribution is -0.126. The van der Waals surface area contributed by atoms with Crippen LogP contribution in [0, 0.1) is 11.3 Å². The molecule has 2 atom stereocenters. The van der Waals surface area contributed by atoms with E-state index in [1.165, 1.54) is 0 Å². The summed E-state index contributed by atoms with van der Waals surface area (Å²) in [6, 6.07) is 0. The number of hydrogen-bond acceptors (Lipinski definition) is 3. The number of rotatable bonds is 2. The van der Waals surface area contributed by atoms with E-state index in [0.29, 0.717) is 11.2 Å². The molecule has 0 radical (unpaired) electrons. The molecule has 3 heteroatoms. The van der Waals surface area contributed by atoms with Crippen LogP contribution in [0.25, 0.3) is 0 Å². The maximum Gasteiger partial charge on any atom is 0.138 e. The van der Waals surface area contributed by atoms with Gasteiger partial charge in [0.25, 0.3) is 0 Å². The fourth-order valence-corrected chi connectivity index (χ4v) is 2.61. The van der Waals surface area contributed by atoms with Crippen LogP contribution < -0.4 is 0 Å². The van der Waals surface area contributed by atoms with Gasteiger partial charge < -0.3 is 9.64 Å². The minimum absolute atomic E-state index is 0.227. The molecular formula is C12H21NO2. The fourth-order valence-electron chi connectivity index (χ4n) is 2.61. The molecule has 86 valence electrons. The van der Waals surface area contributed by atoms with E-state index >= 15 is 0 Å². The topological polar surface area (TPSA) is 29.5 Å². The summed E-state index contributed by atoms with van der Waals surface area (Å²) in [6.07, 6.45) is 1.89. The average molecular weight is 211 g/mol. The van der Waals surface area contributed by atoms with E-state index in [2.05, 4.69) is 11.8 Å². The van der Waals surface area contributed by atoms with Crippen LogP contribution in [0.5, 0.6) is 0 Å². The van der Waals surface area contributed by atoms with Gasteiger partial charge in [0.1, 0.15) is 5.78 Å². The minimum Gasteiger partial charge on any atom is -0.381 e. The number of hydrogen-bond donors (Lipinski definition) is 0. The number of ketones is 1. The predicted molar refractivity (Wildman–Crippen MR) is 58.8 cm³/mol. The third-order valence-electron chi connectivity index (χ3n) is 3.66. The third kappa shape index (κ3) is 2.58. The normalized spacial score (nSPS) is 38.5. The Morgan fingerprint density at radius 3 is 3.00 bits per heavy atom. The molecule has 2 heterocycles. The number of ether oxygens (including phenoxy) is 1. The van der Waals surface area contributed by atoms with Gasteiger partial charge in [-0.25, -0.2) is 0 Å². The summed E-state index contributed by atoms with van der Waals surface area (Å²) in [5.41, 5.74) is 0.320. The first-order valence-electron chi connectivity index (χ1n) is 5.92. The lowest BCUT2D eigenvalue weighted by Gasteiger charge is -2.35. The first-order chi connectivity index (χ1) is 7.09. The molecule has 2 rings (SSSR count). The lowest BCUT2D eigenvalue weighted by atomic mass is 9.87. The van der Waals surface area contributed by atoms with Crippen LogP contribution in [-0.4, -0.2) is 43.5 Å². The summed E-state index contributed by atoms with van der Waals surface area (Å²) >= 11 is 0. The molecule has 0 aromatic carbocycles. The molecule has 2 aliphatic heterocycles. The zero-order valence-corrected chi connectivity index (χ0v) is 9.79. The number of piperidine rings is 1. The monoisotopic (exact) mass is 211 g/mol. The fraction of sp³-hybridized carbons (Fsp3) is 0.917. The second-order valence-corrected chi connectivity index (χ2v) is 5.47. The highest BCUT2D eigenvalue weighted by Gasteiger charge is 2.34. The van der Waals surface area contributed by atoms with Gasteiger partial charge in [0.05, 0.1) is 6.61 Å². The molecule has 15 heavy (non-hydrogen) atoms. The van der Waals surface area contributed by atoms with E-state index in [9.17, 15) is 4.79 Å². The molecule has 0 aliphatic carbocycles. The average Bonchev–Trinajstić information content (AvgIpc) is 2.59. The number of carbonyl (C=O) groups excluding carboxylic acids is 1. The molecule has 2 fully saturated rings. The summed E-state index contributed by atoms with van der Waals surface area (Å²) in [7, 11) is 0. The Kier molecular flexibility index (Phi) is 3.12. The first kappa shape index (κ1) is 11.1. The largest absolute Gasteiger partial charge is 0.381 e. The van der Waals surface area contributed by atoms with Crippen molar-refractivity contribution in [1.82, 2.24) is 4.90 Å². The number of likely N-dealkylation sites (tertiary alicyclic amines) is 1. The van der Waals surface area contributed by atoms with E-state index in [-0.39, 0.29) is 5.92 Å². The molecule has 2 saturated heterocycles. The van der Waals surface area contributed by atoms with Gasteiger partial charge in [-0.05, 0) is 6.42 Å².